The number of likely N-dealkylation sites (tertiary alicyclic amines) is 1. The van der Waals surface area contributed by atoms with Gasteiger partial charge in [-0.3, -0.25) is 4.68 Å². The molecule has 1 fully saturated rings. The highest BCUT2D eigenvalue weighted by Gasteiger charge is 2.40. The summed E-state index contributed by atoms with van der Waals surface area (Å²) in [6, 6.07) is -0.650. The zero-order chi connectivity index (χ0) is 25.8. The van der Waals surface area contributed by atoms with E-state index >= 15 is 0 Å². The van der Waals surface area contributed by atoms with Crippen LogP contribution in [0.5, 0.6) is 0 Å². The molecule has 1 aliphatic rings. The highest BCUT2D eigenvalue weighted by atomic mass is 32.2. The molecule has 2 N–H and O–H groups in total. The molecule has 1 saturated heterocycles. The van der Waals surface area contributed by atoms with Crippen molar-refractivity contribution in [1.29, 1.82) is 0 Å². The molecule has 2 heterocycles. The smallest absolute Gasteiger partial charge is 0.430 e. The fourth-order valence-corrected chi connectivity index (χ4v) is 4.30. The van der Waals surface area contributed by atoms with Crippen LogP contribution < -0.4 is 19.0 Å². The Hall–Kier alpha value is -2.62. The first-order valence-electron chi connectivity index (χ1n) is 9.59. The number of halogens is 4. The molecule has 0 saturated carbocycles. The monoisotopic (exact) mass is 505 g/mol. The number of aliphatic carboxylic acids is 1. The van der Waals surface area contributed by atoms with Crippen LogP contribution in [0.15, 0.2) is 12.4 Å². The summed E-state index contributed by atoms with van der Waals surface area (Å²) in [6.07, 6.45) is -4.50. The first-order valence-corrected chi connectivity index (χ1v) is 11.0. The van der Waals surface area contributed by atoms with Gasteiger partial charge < -0.3 is 19.5 Å². The molecule has 0 aromatic carbocycles. The van der Waals surface area contributed by atoms with E-state index in [1.54, 1.807) is 34.9 Å². The number of likely N-dealkylation sites (N-methyl/N-ethyl adjacent to an activating group) is 1. The van der Waals surface area contributed by atoms with Crippen molar-refractivity contribution < 1.29 is 50.3 Å². The van der Waals surface area contributed by atoms with Crippen molar-refractivity contribution in [2.75, 3.05) is 24.4 Å². The van der Waals surface area contributed by atoms with E-state index in [2.05, 4.69) is 5.10 Å². The van der Waals surface area contributed by atoms with Crippen LogP contribution >= 0.6 is 0 Å². The SMILES string of the molecule is Cn1cc(N([C@@H]2C[C@H](F)C[NH+](C)C2)S(=O)(=O)NC(=O)OC(C)(C)C)cn1.O=C([O-])C(F)(F)F. The van der Waals surface area contributed by atoms with Crippen LogP contribution in [0.1, 0.15) is 27.2 Å². The number of carboxylic acid groups (broad SMARTS) is 1. The molecule has 1 unspecified atom stereocenters. The molecule has 1 amide bonds. The van der Waals surface area contributed by atoms with E-state index in [4.69, 9.17) is 14.6 Å². The van der Waals surface area contributed by atoms with Crippen LogP contribution in [-0.2, 0) is 26.8 Å². The number of piperidine rings is 1. The molecule has 0 spiro atoms. The third kappa shape index (κ3) is 9.41. The van der Waals surface area contributed by atoms with Gasteiger partial charge in [0.15, 0.2) is 6.17 Å². The van der Waals surface area contributed by atoms with E-state index in [-0.39, 0.29) is 12.1 Å². The predicted molar refractivity (Wildman–Crippen MR) is 105 cm³/mol. The summed E-state index contributed by atoms with van der Waals surface area (Å²) in [5.74, 6) is -3.01. The van der Waals surface area contributed by atoms with Gasteiger partial charge in [0.2, 0.25) is 0 Å². The Kier molecular flexibility index (Phi) is 9.08. The van der Waals surface area contributed by atoms with Gasteiger partial charge >= 0.3 is 22.5 Å². The normalized spacial score (nSPS) is 21.4. The lowest BCUT2D eigenvalue weighted by Crippen LogP contribution is -3.13. The van der Waals surface area contributed by atoms with Crippen LogP contribution in [-0.4, -0.2) is 74.4 Å². The summed E-state index contributed by atoms with van der Waals surface area (Å²) in [6.45, 7) is 5.61. The summed E-state index contributed by atoms with van der Waals surface area (Å²) in [5.41, 5.74) is -0.590. The van der Waals surface area contributed by atoms with Gasteiger partial charge in [0.1, 0.15) is 18.1 Å². The Labute approximate surface area is 188 Å². The highest BCUT2D eigenvalue weighted by molar-refractivity contribution is 7.91. The number of carbonyl (C=O) groups excluding carboxylic acids is 2. The van der Waals surface area contributed by atoms with E-state index in [0.29, 0.717) is 13.1 Å². The standard InChI is InChI=1S/C15H26FN5O4S.C2HF3O2/c1-15(2,3)25-14(22)18-26(23,24)21(13-7-17-20(5)10-13)12-6-11(16)8-19(4)9-12;3-2(4,5)1(6)7/h7,10-12H,6,8-9H2,1-5H3,(H,18,22);(H,6,7)/t11-,12+;/m0./s1. The molecular formula is C17H27F4N5O6S. The van der Waals surface area contributed by atoms with E-state index in [9.17, 15) is 30.8 Å². The second-order valence-corrected chi connectivity index (χ2v) is 9.96. The topological polar surface area (TPSA) is 138 Å². The average molecular weight is 505 g/mol. The number of quaternary nitrogens is 1. The van der Waals surface area contributed by atoms with Crippen LogP contribution in [0.25, 0.3) is 0 Å². The van der Waals surface area contributed by atoms with Crippen molar-refractivity contribution in [2.45, 2.75) is 51.2 Å². The fourth-order valence-electron chi connectivity index (χ4n) is 3.03. The van der Waals surface area contributed by atoms with Crippen molar-refractivity contribution in [3.05, 3.63) is 12.4 Å². The first kappa shape index (κ1) is 28.4. The molecule has 1 aromatic heterocycles. The number of aromatic nitrogens is 2. The van der Waals surface area contributed by atoms with Gasteiger partial charge in [0, 0.05) is 19.7 Å². The van der Waals surface area contributed by atoms with Gasteiger partial charge in [-0.05, 0) is 20.8 Å². The number of anilines is 1. The number of carbonyl (C=O) groups is 2. The van der Waals surface area contributed by atoms with Crippen molar-refractivity contribution in [2.24, 2.45) is 7.05 Å². The van der Waals surface area contributed by atoms with Gasteiger partial charge in [-0.2, -0.15) is 26.7 Å². The fraction of sp³-hybridized carbons (Fsp3) is 0.706. The molecule has 1 aromatic rings. The molecule has 0 bridgehead atoms. The maximum absolute atomic E-state index is 14.1. The number of amides is 1. The molecule has 0 radical (unpaired) electrons. The lowest BCUT2D eigenvalue weighted by molar-refractivity contribution is -0.888. The Morgan fingerprint density at radius 3 is 2.24 bits per heavy atom. The molecule has 11 nitrogen and oxygen atoms in total. The van der Waals surface area contributed by atoms with Crippen molar-refractivity contribution >= 4 is 28.0 Å². The van der Waals surface area contributed by atoms with Gasteiger partial charge in [-0.25, -0.2) is 18.2 Å². The molecule has 3 atom stereocenters. The van der Waals surface area contributed by atoms with Crippen molar-refractivity contribution in [1.82, 2.24) is 14.5 Å². The second kappa shape index (κ2) is 10.5. The van der Waals surface area contributed by atoms with Gasteiger partial charge in [0.25, 0.3) is 0 Å². The van der Waals surface area contributed by atoms with E-state index in [1.165, 1.54) is 17.1 Å². The number of aryl methyl sites for hydroxylation is 1. The van der Waals surface area contributed by atoms with Gasteiger partial charge in [-0.15, -0.1) is 0 Å². The first-order chi connectivity index (χ1) is 14.8. The largest absolute Gasteiger partial charge is 0.542 e. The summed E-state index contributed by atoms with van der Waals surface area (Å²) in [7, 11) is -0.860. The Bertz CT molecular complexity index is 921. The van der Waals surface area contributed by atoms with Crippen LogP contribution in [0.2, 0.25) is 0 Å². The molecule has 1 aliphatic heterocycles. The van der Waals surface area contributed by atoms with E-state index < -0.39 is 46.3 Å². The van der Waals surface area contributed by atoms with Gasteiger partial charge in [0.05, 0.1) is 31.5 Å². The Balaban J connectivity index is 0.000000675. The molecule has 16 heteroatoms. The zero-order valence-corrected chi connectivity index (χ0v) is 19.5. The number of hydrogen-bond donors (Lipinski definition) is 2. The predicted octanol–water partition coefficient (Wildman–Crippen LogP) is -1.08. The van der Waals surface area contributed by atoms with Crippen LogP contribution in [0, 0.1) is 0 Å². The molecule has 190 valence electrons. The minimum absolute atomic E-state index is 0.0431. The maximum atomic E-state index is 14.1. The minimum Gasteiger partial charge on any atom is -0.542 e. The maximum Gasteiger partial charge on any atom is 0.430 e. The van der Waals surface area contributed by atoms with Gasteiger partial charge in [-0.1, -0.05) is 0 Å². The molecular weight excluding hydrogens is 478 g/mol. The summed E-state index contributed by atoms with van der Waals surface area (Å²) < 4.78 is 80.8. The number of rotatable bonds is 4. The Morgan fingerprint density at radius 2 is 1.85 bits per heavy atom. The summed E-state index contributed by atoms with van der Waals surface area (Å²) in [5, 5.41) is 12.8. The van der Waals surface area contributed by atoms with E-state index in [1.807, 2.05) is 4.72 Å². The summed E-state index contributed by atoms with van der Waals surface area (Å²) >= 11 is 0. The number of nitrogens with zero attached hydrogens (tertiary/aromatic N) is 3. The summed E-state index contributed by atoms with van der Waals surface area (Å²) in [4.78, 5) is 21.6. The van der Waals surface area contributed by atoms with Crippen LogP contribution in [0.4, 0.5) is 28.0 Å². The lowest BCUT2D eigenvalue weighted by atomic mass is 10.0. The highest BCUT2D eigenvalue weighted by Crippen LogP contribution is 2.23. The zero-order valence-electron chi connectivity index (χ0n) is 18.6. The number of alkyl halides is 4. The average Bonchev–Trinajstić information content (AvgIpc) is 2.96. The van der Waals surface area contributed by atoms with Crippen molar-refractivity contribution in [3.63, 3.8) is 0 Å². The number of carboxylic acids is 1. The number of hydrogen-bond acceptors (Lipinski definition) is 7. The number of nitrogens with one attached hydrogen (secondary N) is 2. The second-order valence-electron chi connectivity index (χ2n) is 8.41. The molecule has 0 aliphatic carbocycles. The Morgan fingerprint density at radius 1 is 1.30 bits per heavy atom. The lowest BCUT2D eigenvalue weighted by Gasteiger charge is -2.36. The third-order valence-electron chi connectivity index (χ3n) is 4.06. The van der Waals surface area contributed by atoms with E-state index in [0.717, 1.165) is 9.21 Å². The molecule has 2 rings (SSSR count). The van der Waals surface area contributed by atoms with Crippen molar-refractivity contribution in [3.8, 4) is 0 Å². The third-order valence-corrected chi connectivity index (χ3v) is 5.51. The number of ether oxygens (including phenoxy) is 1. The van der Waals surface area contributed by atoms with Crippen LogP contribution in [0.3, 0.4) is 0 Å². The minimum atomic E-state index is -5.19. The quantitative estimate of drug-likeness (QED) is 0.497. The molecule has 33 heavy (non-hydrogen) atoms.